The van der Waals surface area contributed by atoms with Crippen molar-refractivity contribution < 1.29 is 104 Å². The molecule has 2 amide bonds. The van der Waals surface area contributed by atoms with Crippen LogP contribution in [0.5, 0.6) is 0 Å². The highest BCUT2D eigenvalue weighted by Gasteiger charge is 2.60. The number of rotatable bonds is 76. The van der Waals surface area contributed by atoms with Crippen LogP contribution in [0.3, 0.4) is 0 Å². The highest BCUT2D eigenvalue weighted by atomic mass is 16.8. The standard InChI is InChI=1S/C91H170N2O21/c1-4-6-8-10-12-14-16-18-20-22-24-26-28-30-31-32-33-34-35-36-37-38-39-41-43-45-47-49-51-53-55-57-59-61-63-65-78(101)93-72(73(98)64-62-60-58-56-54-52-50-48-46-44-42-40-29-27-25-23-21-19-17-15-13-11-9-7-5-2)70-109-88-83(105)82(104)85(77(69-96)111-88)112-89-84(106)87(81(103)76(68-95)110-89)114-91(90(107)108)66-74(99)79(92-71(3)97)86(113-91)80(102)75(100)67-94/h28,30,32-33,72-77,79-89,94-96,98-100,102-106H,4-27,29,31,34-70H2,1-3H3,(H,92,97)(H,93,101)(H,107,108)/b30-28-,33-32-. The number of allylic oxidation sites excluding steroid dienone is 4. The van der Waals surface area contributed by atoms with Crippen molar-refractivity contribution in [1.29, 1.82) is 0 Å². The van der Waals surface area contributed by atoms with Gasteiger partial charge >= 0.3 is 5.97 Å². The van der Waals surface area contributed by atoms with Crippen LogP contribution >= 0.6 is 0 Å². The van der Waals surface area contributed by atoms with Gasteiger partial charge in [-0.15, -0.1) is 0 Å². The second-order valence-electron chi connectivity index (χ2n) is 33.9. The topological polar surface area (TPSA) is 373 Å². The summed E-state index contributed by atoms with van der Waals surface area (Å²) in [6, 6.07) is -2.53. The first kappa shape index (κ1) is 105. The molecule has 0 saturated carbocycles. The monoisotopic (exact) mass is 1630 g/mol. The molecule has 3 saturated heterocycles. The highest BCUT2D eigenvalue weighted by Crippen LogP contribution is 2.39. The zero-order valence-electron chi connectivity index (χ0n) is 71.7. The molecule has 23 heteroatoms. The summed E-state index contributed by atoms with van der Waals surface area (Å²) in [5.41, 5.74) is 0. The molecular formula is C91H170N2O21. The van der Waals surface area contributed by atoms with E-state index in [1.54, 1.807) is 0 Å². The molecule has 14 N–H and O–H groups in total. The van der Waals surface area contributed by atoms with E-state index in [1.807, 2.05) is 0 Å². The highest BCUT2D eigenvalue weighted by molar-refractivity contribution is 5.77. The van der Waals surface area contributed by atoms with Crippen LogP contribution in [0.4, 0.5) is 0 Å². The lowest BCUT2D eigenvalue weighted by Crippen LogP contribution is -2.70. The Labute approximate surface area is 689 Å². The number of carboxylic acid groups (broad SMARTS) is 1. The molecule has 23 nitrogen and oxygen atoms in total. The average Bonchev–Trinajstić information content (AvgIpc) is 0.753. The molecule has 114 heavy (non-hydrogen) atoms. The van der Waals surface area contributed by atoms with Crippen LogP contribution in [0.15, 0.2) is 24.3 Å². The van der Waals surface area contributed by atoms with E-state index in [-0.39, 0.29) is 18.9 Å². The van der Waals surface area contributed by atoms with E-state index in [9.17, 15) is 75.7 Å². The van der Waals surface area contributed by atoms with Crippen molar-refractivity contribution in [1.82, 2.24) is 10.6 Å². The smallest absolute Gasteiger partial charge is 0.364 e. The minimum absolute atomic E-state index is 0.226. The SMILES string of the molecule is CCCCCCCCCCCCC/C=C\C/C=C\CCCCCCCCCCCCCCCCCCCC(=O)NC(COC1OC(CO)C(OC2OC(CO)C(O)C(OC3(C(=O)O)CC(O)C(NC(C)=O)C(C(O)C(O)CO)O3)C2O)C(O)C1O)C(O)CCCCCCCCCCCCCCCCCCCCCCCCCCC. The lowest BCUT2D eigenvalue weighted by atomic mass is 9.88. The number of aliphatic hydroxyl groups excluding tert-OH is 11. The zero-order chi connectivity index (χ0) is 83.1. The number of carbonyl (C=O) groups is 3. The molecule has 3 rings (SSSR count). The quantitative estimate of drug-likeness (QED) is 0.0199. The summed E-state index contributed by atoms with van der Waals surface area (Å²) in [5.74, 6) is -6.09. The van der Waals surface area contributed by atoms with Crippen LogP contribution < -0.4 is 10.6 Å². The Hall–Kier alpha value is -2.79. The van der Waals surface area contributed by atoms with E-state index in [4.69, 9.17) is 28.4 Å². The van der Waals surface area contributed by atoms with E-state index in [2.05, 4.69) is 48.8 Å². The number of aliphatic carboxylic acids is 1. The van der Waals surface area contributed by atoms with Gasteiger partial charge in [-0.1, -0.05) is 359 Å². The first-order valence-corrected chi connectivity index (χ1v) is 46.7. The third-order valence-corrected chi connectivity index (χ3v) is 23.7. The van der Waals surface area contributed by atoms with Gasteiger partial charge in [0.2, 0.25) is 11.8 Å². The molecule has 0 aromatic carbocycles. The molecule has 0 aromatic rings. The van der Waals surface area contributed by atoms with Crippen molar-refractivity contribution in [2.75, 3.05) is 26.4 Å². The molecule has 3 aliphatic rings. The van der Waals surface area contributed by atoms with Gasteiger partial charge < -0.3 is 100 Å². The number of hydrogen-bond donors (Lipinski definition) is 14. The Balaban J connectivity index is 1.43. The van der Waals surface area contributed by atoms with E-state index in [0.29, 0.717) is 19.3 Å². The van der Waals surface area contributed by atoms with Crippen molar-refractivity contribution in [3.8, 4) is 0 Å². The Bertz CT molecular complexity index is 2340. The maximum absolute atomic E-state index is 13.6. The van der Waals surface area contributed by atoms with Crippen LogP contribution in [-0.4, -0.2) is 215 Å². The lowest BCUT2D eigenvalue weighted by Gasteiger charge is -2.50. The average molecular weight is 1630 g/mol. The first-order valence-electron chi connectivity index (χ1n) is 46.7. The molecule has 3 fully saturated rings. The van der Waals surface area contributed by atoms with Gasteiger partial charge in [0, 0.05) is 19.8 Å². The molecule has 18 unspecified atom stereocenters. The Morgan fingerprint density at radius 2 is 0.842 bits per heavy atom. The number of ether oxygens (including phenoxy) is 6. The number of hydrogen-bond acceptors (Lipinski definition) is 20. The van der Waals surface area contributed by atoms with Crippen LogP contribution in [0.25, 0.3) is 0 Å². The molecule has 0 aromatic heterocycles. The molecule has 0 aliphatic carbocycles. The van der Waals surface area contributed by atoms with Crippen molar-refractivity contribution in [3.05, 3.63) is 24.3 Å². The Morgan fingerprint density at radius 3 is 1.23 bits per heavy atom. The minimum Gasteiger partial charge on any atom is -0.477 e. The summed E-state index contributed by atoms with van der Waals surface area (Å²) in [5, 5.41) is 137. The van der Waals surface area contributed by atoms with Crippen LogP contribution in [0.1, 0.15) is 400 Å². The fourth-order valence-corrected chi connectivity index (χ4v) is 16.3. The van der Waals surface area contributed by atoms with E-state index in [1.165, 1.54) is 289 Å². The first-order chi connectivity index (χ1) is 55.4. The Morgan fingerprint density at radius 1 is 0.456 bits per heavy atom. The molecule has 0 bridgehead atoms. The maximum Gasteiger partial charge on any atom is 0.364 e. The second-order valence-corrected chi connectivity index (χ2v) is 33.9. The van der Waals surface area contributed by atoms with Crippen molar-refractivity contribution in [2.24, 2.45) is 0 Å². The van der Waals surface area contributed by atoms with E-state index in [0.717, 1.165) is 64.7 Å². The predicted molar refractivity (Wildman–Crippen MR) is 449 cm³/mol. The fourth-order valence-electron chi connectivity index (χ4n) is 16.3. The third-order valence-electron chi connectivity index (χ3n) is 23.7. The summed E-state index contributed by atoms with van der Waals surface area (Å²) >= 11 is 0. The third kappa shape index (κ3) is 46.9. The summed E-state index contributed by atoms with van der Waals surface area (Å²) in [7, 11) is 0. The number of carboxylic acids is 1. The lowest BCUT2D eigenvalue weighted by molar-refractivity contribution is -0.386. The molecule has 18 atom stereocenters. The molecule has 3 heterocycles. The van der Waals surface area contributed by atoms with Gasteiger partial charge in [0.1, 0.15) is 67.1 Å². The molecule has 3 aliphatic heterocycles. The largest absolute Gasteiger partial charge is 0.477 e. The number of aliphatic hydroxyl groups is 11. The number of unbranched alkanes of at least 4 members (excludes halogenated alkanes) is 52. The fraction of sp³-hybridized carbons (Fsp3) is 0.923. The van der Waals surface area contributed by atoms with Gasteiger partial charge in [-0.05, 0) is 44.9 Å². The van der Waals surface area contributed by atoms with Gasteiger partial charge in [-0.25, -0.2) is 4.79 Å². The molecule has 0 spiro atoms. The molecule has 0 radical (unpaired) electrons. The number of nitrogens with one attached hydrogen (secondary N) is 2. The maximum atomic E-state index is 13.6. The van der Waals surface area contributed by atoms with E-state index < -0.39 is 148 Å². The van der Waals surface area contributed by atoms with Crippen LogP contribution in [-0.2, 0) is 42.8 Å². The van der Waals surface area contributed by atoms with Gasteiger partial charge in [0.25, 0.3) is 5.79 Å². The summed E-state index contributed by atoms with van der Waals surface area (Å²) < 4.78 is 35.1. The van der Waals surface area contributed by atoms with Gasteiger partial charge in [0.15, 0.2) is 12.6 Å². The zero-order valence-corrected chi connectivity index (χ0v) is 71.7. The predicted octanol–water partition coefficient (Wildman–Crippen LogP) is 15.4. The van der Waals surface area contributed by atoms with E-state index >= 15 is 0 Å². The summed E-state index contributed by atoms with van der Waals surface area (Å²) in [4.78, 5) is 38.8. The molecule has 670 valence electrons. The normalized spacial score (nSPS) is 25.2. The van der Waals surface area contributed by atoms with Gasteiger partial charge in [-0.2, -0.15) is 0 Å². The van der Waals surface area contributed by atoms with Crippen molar-refractivity contribution in [2.45, 2.75) is 509 Å². The Kier molecular flexibility index (Phi) is 63.6. The van der Waals surface area contributed by atoms with Gasteiger partial charge in [0.05, 0.1) is 50.7 Å². The van der Waals surface area contributed by atoms with Gasteiger partial charge in [-0.3, -0.25) is 9.59 Å². The van der Waals surface area contributed by atoms with Crippen molar-refractivity contribution >= 4 is 17.8 Å². The second kappa shape index (κ2) is 68.8. The van der Waals surface area contributed by atoms with Crippen LogP contribution in [0, 0.1) is 0 Å². The molecular weight excluding hydrogens is 1460 g/mol. The number of amides is 2. The summed E-state index contributed by atoms with van der Waals surface area (Å²) in [6.07, 6.45) is 51.9. The van der Waals surface area contributed by atoms with Crippen LogP contribution in [0.2, 0.25) is 0 Å². The number of carbonyl (C=O) groups excluding carboxylic acids is 2. The minimum atomic E-state index is -3.08. The summed E-state index contributed by atoms with van der Waals surface area (Å²) in [6.45, 7) is 2.29. The van der Waals surface area contributed by atoms with Crippen molar-refractivity contribution in [3.63, 3.8) is 0 Å².